The Labute approximate surface area is 194 Å². The molecule has 9 unspecified atom stereocenters. The molecule has 4 nitrogen and oxygen atoms in total. The summed E-state index contributed by atoms with van der Waals surface area (Å²) < 4.78 is 5.75. The van der Waals surface area contributed by atoms with Crippen LogP contribution in [0.4, 0.5) is 0 Å². The summed E-state index contributed by atoms with van der Waals surface area (Å²) in [5.41, 5.74) is 0.384. The number of carbonyl (C=O) groups is 2. The van der Waals surface area contributed by atoms with Crippen molar-refractivity contribution in [3.05, 3.63) is 0 Å². The molecule has 4 heteroatoms. The van der Waals surface area contributed by atoms with Gasteiger partial charge in [0.25, 0.3) is 0 Å². The van der Waals surface area contributed by atoms with E-state index in [-0.39, 0.29) is 22.9 Å². The summed E-state index contributed by atoms with van der Waals surface area (Å²) in [4.78, 5) is 24.1. The van der Waals surface area contributed by atoms with E-state index < -0.39 is 11.4 Å². The van der Waals surface area contributed by atoms with Gasteiger partial charge in [-0.1, -0.05) is 34.1 Å². The molecule has 0 amide bonds. The van der Waals surface area contributed by atoms with Crippen molar-refractivity contribution in [2.45, 2.75) is 111 Å². The number of rotatable bonds is 2. The summed E-state index contributed by atoms with van der Waals surface area (Å²) in [5.74, 6) is 2.02. The molecule has 0 spiro atoms. The van der Waals surface area contributed by atoms with E-state index in [0.717, 1.165) is 44.9 Å². The van der Waals surface area contributed by atoms with Gasteiger partial charge in [-0.3, -0.25) is 9.59 Å². The molecular weight excluding hydrogens is 400 g/mol. The van der Waals surface area contributed by atoms with Crippen LogP contribution in [0.2, 0.25) is 0 Å². The second-order valence-electron chi connectivity index (χ2n) is 13.2. The van der Waals surface area contributed by atoms with Gasteiger partial charge in [0.1, 0.15) is 6.10 Å². The molecule has 5 saturated carbocycles. The van der Waals surface area contributed by atoms with Crippen LogP contribution in [0.5, 0.6) is 0 Å². The number of carboxylic acid groups (broad SMARTS) is 1. The third-order valence-electron chi connectivity index (χ3n) is 12.6. The van der Waals surface area contributed by atoms with Gasteiger partial charge in [0, 0.05) is 6.92 Å². The first-order valence-corrected chi connectivity index (χ1v) is 13.4. The fourth-order valence-corrected chi connectivity index (χ4v) is 10.9. The Morgan fingerprint density at radius 3 is 2.25 bits per heavy atom. The van der Waals surface area contributed by atoms with Crippen molar-refractivity contribution in [2.24, 2.45) is 51.2 Å². The maximum Gasteiger partial charge on any atom is 0.309 e. The number of carboxylic acids is 1. The summed E-state index contributed by atoms with van der Waals surface area (Å²) >= 11 is 0. The lowest BCUT2D eigenvalue weighted by Gasteiger charge is -2.71. The van der Waals surface area contributed by atoms with E-state index in [9.17, 15) is 14.7 Å². The predicted octanol–water partition coefficient (Wildman–Crippen LogP) is 6.47. The summed E-state index contributed by atoms with van der Waals surface area (Å²) in [6.07, 6.45) is 12.2. The van der Waals surface area contributed by atoms with E-state index in [1.807, 2.05) is 0 Å². The lowest BCUT2D eigenvalue weighted by molar-refractivity contribution is -0.235. The highest BCUT2D eigenvalue weighted by Gasteiger charge is 2.70. The lowest BCUT2D eigenvalue weighted by Crippen LogP contribution is -2.65. The van der Waals surface area contributed by atoms with Gasteiger partial charge in [0.15, 0.2) is 0 Å². The van der Waals surface area contributed by atoms with E-state index in [0.29, 0.717) is 35.0 Å². The van der Waals surface area contributed by atoms with Crippen molar-refractivity contribution < 1.29 is 19.4 Å². The minimum absolute atomic E-state index is 0.0752. The number of carbonyl (C=O) groups excluding carboxylic acids is 1. The third kappa shape index (κ3) is 2.73. The van der Waals surface area contributed by atoms with Crippen LogP contribution in [0.25, 0.3) is 0 Å². The van der Waals surface area contributed by atoms with Crippen molar-refractivity contribution in [3.63, 3.8) is 0 Å². The Morgan fingerprint density at radius 2 is 1.56 bits per heavy atom. The van der Waals surface area contributed by atoms with Crippen LogP contribution < -0.4 is 0 Å². The Balaban J connectivity index is 1.46. The van der Waals surface area contributed by atoms with E-state index in [1.165, 1.54) is 25.7 Å². The first-order valence-electron chi connectivity index (χ1n) is 13.4. The maximum atomic E-state index is 12.4. The summed E-state index contributed by atoms with van der Waals surface area (Å²) in [7, 11) is 0. The van der Waals surface area contributed by atoms with Gasteiger partial charge >= 0.3 is 11.9 Å². The summed E-state index contributed by atoms with van der Waals surface area (Å²) in [5, 5.41) is 10.2. The molecule has 32 heavy (non-hydrogen) atoms. The average molecular weight is 445 g/mol. The standard InChI is InChI=1S/C28H44O4/c1-17-19-10-14-27(5)23(25(19,3)13-11-22(17)32-18(2)29)9-8-20-21-7-6-12-28(21,24(30)31)16-15-26(20,27)4/h17,19-23H,6-16H2,1-5H3,(H,30,31)/t17?,19?,20?,21?,22?,23?,25?,26-,27?,28?/m1/s1. The van der Waals surface area contributed by atoms with Gasteiger partial charge in [0.2, 0.25) is 0 Å². The molecule has 1 N–H and O–H groups in total. The molecule has 0 aromatic rings. The van der Waals surface area contributed by atoms with E-state index in [1.54, 1.807) is 6.92 Å². The molecule has 0 aromatic carbocycles. The summed E-state index contributed by atoms with van der Waals surface area (Å²) in [6, 6.07) is 0. The number of aliphatic carboxylic acids is 1. The van der Waals surface area contributed by atoms with Gasteiger partial charge in [-0.05, 0) is 110 Å². The van der Waals surface area contributed by atoms with Crippen LogP contribution in [0.3, 0.4) is 0 Å². The van der Waals surface area contributed by atoms with Gasteiger partial charge in [0.05, 0.1) is 5.41 Å². The third-order valence-corrected chi connectivity index (χ3v) is 12.6. The Hall–Kier alpha value is -1.06. The molecular formula is C28H44O4. The van der Waals surface area contributed by atoms with Gasteiger partial charge in [-0.25, -0.2) is 0 Å². The molecule has 0 heterocycles. The topological polar surface area (TPSA) is 63.6 Å². The highest BCUT2D eigenvalue weighted by atomic mass is 16.5. The second kappa shape index (κ2) is 7.22. The summed E-state index contributed by atoms with van der Waals surface area (Å²) in [6.45, 7) is 11.6. The molecule has 10 atom stereocenters. The first kappa shape index (κ1) is 22.7. The molecule has 5 aliphatic carbocycles. The van der Waals surface area contributed by atoms with Crippen molar-refractivity contribution >= 4 is 11.9 Å². The molecule has 0 saturated heterocycles. The molecule has 0 bridgehead atoms. The normalized spacial score (nSPS) is 54.5. The van der Waals surface area contributed by atoms with Crippen LogP contribution in [-0.2, 0) is 14.3 Å². The largest absolute Gasteiger partial charge is 0.481 e. The SMILES string of the molecule is CC(=O)OC1CCC2(C)C(CCC3(C)C2CCC2C4CCCC4(C(=O)O)CC[C@]23C)C1C. The molecule has 180 valence electrons. The van der Waals surface area contributed by atoms with Crippen LogP contribution >= 0.6 is 0 Å². The van der Waals surface area contributed by atoms with Gasteiger partial charge in [-0.15, -0.1) is 0 Å². The molecule has 0 radical (unpaired) electrons. The minimum atomic E-state index is -0.511. The average Bonchev–Trinajstić information content (AvgIpc) is 3.16. The first-order chi connectivity index (χ1) is 15.0. The molecule has 5 aliphatic rings. The number of hydrogen-bond acceptors (Lipinski definition) is 3. The van der Waals surface area contributed by atoms with Crippen LogP contribution in [0.15, 0.2) is 0 Å². The molecule has 5 fully saturated rings. The zero-order valence-electron chi connectivity index (χ0n) is 20.9. The lowest BCUT2D eigenvalue weighted by atomic mass is 9.33. The fourth-order valence-electron chi connectivity index (χ4n) is 10.9. The minimum Gasteiger partial charge on any atom is -0.481 e. The van der Waals surface area contributed by atoms with Gasteiger partial charge in [-0.2, -0.15) is 0 Å². The van der Waals surface area contributed by atoms with E-state index in [2.05, 4.69) is 27.7 Å². The number of ether oxygens (including phenoxy) is 1. The van der Waals surface area contributed by atoms with Gasteiger partial charge < -0.3 is 9.84 Å². The fraction of sp³-hybridized carbons (Fsp3) is 0.929. The van der Waals surface area contributed by atoms with Crippen molar-refractivity contribution in [1.82, 2.24) is 0 Å². The number of fused-ring (bicyclic) bond motifs is 7. The number of esters is 1. The molecule has 0 aromatic heterocycles. The van der Waals surface area contributed by atoms with Crippen molar-refractivity contribution in [1.29, 1.82) is 0 Å². The zero-order valence-corrected chi connectivity index (χ0v) is 20.9. The number of hydrogen-bond donors (Lipinski definition) is 1. The molecule has 0 aliphatic heterocycles. The predicted molar refractivity (Wildman–Crippen MR) is 124 cm³/mol. The zero-order chi connectivity index (χ0) is 23.1. The Bertz CT molecular complexity index is 807. The monoisotopic (exact) mass is 444 g/mol. The van der Waals surface area contributed by atoms with Crippen LogP contribution in [0.1, 0.15) is 105 Å². The molecule has 5 rings (SSSR count). The van der Waals surface area contributed by atoms with E-state index >= 15 is 0 Å². The maximum absolute atomic E-state index is 12.4. The Morgan fingerprint density at radius 1 is 0.812 bits per heavy atom. The van der Waals surface area contributed by atoms with E-state index in [4.69, 9.17) is 4.74 Å². The van der Waals surface area contributed by atoms with Crippen LogP contribution in [0, 0.1) is 51.2 Å². The highest BCUT2D eigenvalue weighted by molar-refractivity contribution is 5.76. The van der Waals surface area contributed by atoms with Crippen molar-refractivity contribution in [2.75, 3.05) is 0 Å². The Kier molecular flexibility index (Phi) is 5.12. The second-order valence-corrected chi connectivity index (χ2v) is 13.2. The smallest absolute Gasteiger partial charge is 0.309 e. The van der Waals surface area contributed by atoms with Crippen molar-refractivity contribution in [3.8, 4) is 0 Å². The van der Waals surface area contributed by atoms with Crippen LogP contribution in [-0.4, -0.2) is 23.1 Å². The highest BCUT2D eigenvalue weighted by Crippen LogP contribution is 2.76. The quantitative estimate of drug-likeness (QED) is 0.496.